The van der Waals surface area contributed by atoms with Crippen molar-refractivity contribution in [2.24, 2.45) is 5.10 Å². The van der Waals surface area contributed by atoms with Crippen molar-refractivity contribution in [1.29, 1.82) is 0 Å². The summed E-state index contributed by atoms with van der Waals surface area (Å²) in [4.78, 5) is 16.7. The maximum atomic E-state index is 12.4. The van der Waals surface area contributed by atoms with Gasteiger partial charge in [0.2, 0.25) is 0 Å². The Balaban J connectivity index is 1.81. The number of nitrogens with zero attached hydrogens (tertiary/aromatic N) is 3. The zero-order chi connectivity index (χ0) is 18.0. The Hall–Kier alpha value is -3.06. The van der Waals surface area contributed by atoms with Gasteiger partial charge in [0, 0.05) is 6.20 Å². The molecule has 3 rings (SSSR count). The van der Waals surface area contributed by atoms with Gasteiger partial charge < -0.3 is 9.84 Å². The molecular formula is C17H15ClN4O3. The van der Waals surface area contributed by atoms with Crippen LogP contribution < -0.4 is 10.2 Å². The molecule has 1 amide bonds. The molecule has 0 aliphatic rings. The summed E-state index contributed by atoms with van der Waals surface area (Å²) < 4.78 is 6.64. The molecule has 25 heavy (non-hydrogen) atoms. The number of hydrazone groups is 1. The number of phenolic OH excluding ortho intramolecular Hbond substituents is 1. The number of hydrogen-bond donors (Lipinski definition) is 2. The van der Waals surface area contributed by atoms with Crippen molar-refractivity contribution in [3.8, 4) is 11.5 Å². The van der Waals surface area contributed by atoms with Gasteiger partial charge >= 0.3 is 0 Å². The number of fused-ring (bicyclic) bond motifs is 1. The standard InChI is InChI=1S/C17H15ClN4O3/c1-10-16(22-9-12(18)4-6-15(22)20-10)17(24)21-19-8-11-3-5-13(23)14(7-11)25-2/h3-9,23H,1-2H3,(H,21,24). The topological polar surface area (TPSA) is 88.2 Å². The van der Waals surface area contributed by atoms with Crippen molar-refractivity contribution in [3.05, 3.63) is 58.5 Å². The monoisotopic (exact) mass is 358 g/mol. The molecule has 0 fully saturated rings. The number of imidazole rings is 1. The lowest BCUT2D eigenvalue weighted by atomic mass is 10.2. The summed E-state index contributed by atoms with van der Waals surface area (Å²) in [6.07, 6.45) is 3.08. The molecule has 0 aliphatic carbocycles. The first kappa shape index (κ1) is 16.8. The van der Waals surface area contributed by atoms with Gasteiger partial charge in [-0.05, 0) is 42.8 Å². The fourth-order valence-electron chi connectivity index (χ4n) is 2.40. The van der Waals surface area contributed by atoms with Crippen molar-refractivity contribution in [1.82, 2.24) is 14.8 Å². The first-order valence-electron chi connectivity index (χ1n) is 7.34. The lowest BCUT2D eigenvalue weighted by Crippen LogP contribution is -2.20. The van der Waals surface area contributed by atoms with Gasteiger partial charge in [-0.25, -0.2) is 10.4 Å². The molecule has 0 bridgehead atoms. The van der Waals surface area contributed by atoms with Gasteiger partial charge in [0.25, 0.3) is 5.91 Å². The van der Waals surface area contributed by atoms with E-state index in [1.54, 1.807) is 41.8 Å². The average Bonchev–Trinajstić information content (AvgIpc) is 2.91. The van der Waals surface area contributed by atoms with Gasteiger partial charge in [-0.3, -0.25) is 9.20 Å². The van der Waals surface area contributed by atoms with Crippen LogP contribution in [0.25, 0.3) is 5.65 Å². The summed E-state index contributed by atoms with van der Waals surface area (Å²) in [7, 11) is 1.45. The molecule has 128 valence electrons. The maximum Gasteiger partial charge on any atom is 0.290 e. The highest BCUT2D eigenvalue weighted by Crippen LogP contribution is 2.25. The first-order valence-corrected chi connectivity index (χ1v) is 7.72. The molecule has 2 heterocycles. The summed E-state index contributed by atoms with van der Waals surface area (Å²) >= 11 is 5.99. The number of methoxy groups -OCH3 is 1. The van der Waals surface area contributed by atoms with E-state index in [4.69, 9.17) is 16.3 Å². The lowest BCUT2D eigenvalue weighted by molar-refractivity contribution is 0.0948. The predicted octanol–water partition coefficient (Wildman–Crippen LogP) is 2.77. The molecule has 3 aromatic rings. The molecule has 0 aliphatic heterocycles. The van der Waals surface area contributed by atoms with Crippen LogP contribution in [-0.4, -0.2) is 33.7 Å². The number of carbonyl (C=O) groups is 1. The lowest BCUT2D eigenvalue weighted by Gasteiger charge is -2.04. The Morgan fingerprint density at radius 3 is 2.96 bits per heavy atom. The van der Waals surface area contributed by atoms with E-state index in [9.17, 15) is 9.90 Å². The molecule has 1 aromatic carbocycles. The number of benzene rings is 1. The second-order valence-electron chi connectivity index (χ2n) is 5.25. The second-order valence-corrected chi connectivity index (χ2v) is 5.69. The average molecular weight is 359 g/mol. The Labute approximate surface area is 148 Å². The van der Waals surface area contributed by atoms with Crippen molar-refractivity contribution < 1.29 is 14.6 Å². The summed E-state index contributed by atoms with van der Waals surface area (Å²) in [6.45, 7) is 1.74. The number of phenols is 1. The Morgan fingerprint density at radius 2 is 2.20 bits per heavy atom. The van der Waals surface area contributed by atoms with E-state index in [-0.39, 0.29) is 5.75 Å². The summed E-state index contributed by atoms with van der Waals surface area (Å²) in [6, 6.07) is 8.18. The van der Waals surface area contributed by atoms with Crippen LogP contribution in [0.3, 0.4) is 0 Å². The third-order valence-electron chi connectivity index (χ3n) is 3.56. The number of amides is 1. The van der Waals surface area contributed by atoms with Crippen molar-refractivity contribution >= 4 is 29.4 Å². The number of aromatic hydroxyl groups is 1. The van der Waals surface area contributed by atoms with Crippen molar-refractivity contribution in [2.45, 2.75) is 6.92 Å². The van der Waals surface area contributed by atoms with Crippen LogP contribution >= 0.6 is 11.6 Å². The van der Waals surface area contributed by atoms with Gasteiger partial charge in [0.15, 0.2) is 11.5 Å². The minimum atomic E-state index is -0.408. The number of rotatable bonds is 4. The Kier molecular flexibility index (Phi) is 4.58. The molecule has 0 unspecified atom stereocenters. The first-order chi connectivity index (χ1) is 12.0. The molecule has 0 atom stereocenters. The minimum Gasteiger partial charge on any atom is -0.504 e. The number of halogens is 1. The second kappa shape index (κ2) is 6.82. The molecular weight excluding hydrogens is 344 g/mol. The van der Waals surface area contributed by atoms with Crippen LogP contribution in [0.2, 0.25) is 5.02 Å². The number of ether oxygens (including phenoxy) is 1. The molecule has 8 heteroatoms. The van der Waals surface area contributed by atoms with Gasteiger partial charge in [0.05, 0.1) is 24.0 Å². The smallest absolute Gasteiger partial charge is 0.290 e. The van der Waals surface area contributed by atoms with Crippen LogP contribution in [0, 0.1) is 6.92 Å². The van der Waals surface area contributed by atoms with E-state index in [0.29, 0.717) is 33.4 Å². The quantitative estimate of drug-likeness (QED) is 0.554. The summed E-state index contributed by atoms with van der Waals surface area (Å²) in [5.41, 5.74) is 4.68. The van der Waals surface area contributed by atoms with E-state index >= 15 is 0 Å². The molecule has 0 saturated carbocycles. The fourth-order valence-corrected chi connectivity index (χ4v) is 2.56. The van der Waals surface area contributed by atoms with E-state index in [1.807, 2.05) is 0 Å². The molecule has 2 aromatic heterocycles. The van der Waals surface area contributed by atoms with E-state index in [0.717, 1.165) is 0 Å². The van der Waals surface area contributed by atoms with Gasteiger partial charge in [0.1, 0.15) is 11.3 Å². The van der Waals surface area contributed by atoms with Crippen LogP contribution in [0.1, 0.15) is 21.7 Å². The van der Waals surface area contributed by atoms with E-state index in [2.05, 4.69) is 15.5 Å². The third kappa shape index (κ3) is 3.41. The number of aromatic nitrogens is 2. The van der Waals surface area contributed by atoms with Gasteiger partial charge in [-0.15, -0.1) is 0 Å². The van der Waals surface area contributed by atoms with E-state index < -0.39 is 5.91 Å². The van der Waals surface area contributed by atoms with Gasteiger partial charge in [-0.1, -0.05) is 11.6 Å². The number of carbonyl (C=O) groups excluding carboxylic acids is 1. The predicted molar refractivity (Wildman–Crippen MR) is 94.7 cm³/mol. The highest BCUT2D eigenvalue weighted by atomic mass is 35.5. The highest BCUT2D eigenvalue weighted by molar-refractivity contribution is 6.30. The SMILES string of the molecule is COc1cc(C=NNC(=O)c2c(C)nc3ccc(Cl)cn23)ccc1O. The number of pyridine rings is 1. The van der Waals surface area contributed by atoms with Crippen LogP contribution in [-0.2, 0) is 0 Å². The number of nitrogens with one attached hydrogen (secondary N) is 1. The molecule has 0 spiro atoms. The molecule has 0 saturated heterocycles. The van der Waals surface area contributed by atoms with Crippen LogP contribution in [0.4, 0.5) is 0 Å². The fraction of sp³-hybridized carbons (Fsp3) is 0.118. The Bertz CT molecular complexity index is 981. The molecule has 0 radical (unpaired) electrons. The number of hydrogen-bond acceptors (Lipinski definition) is 5. The zero-order valence-corrected chi connectivity index (χ0v) is 14.3. The van der Waals surface area contributed by atoms with Crippen LogP contribution in [0.15, 0.2) is 41.6 Å². The van der Waals surface area contributed by atoms with Crippen molar-refractivity contribution in [3.63, 3.8) is 0 Å². The largest absolute Gasteiger partial charge is 0.504 e. The van der Waals surface area contributed by atoms with Crippen molar-refractivity contribution in [2.75, 3.05) is 7.11 Å². The van der Waals surface area contributed by atoms with E-state index in [1.165, 1.54) is 19.4 Å². The summed E-state index contributed by atoms with van der Waals surface area (Å²) in [5, 5.41) is 14.0. The van der Waals surface area contributed by atoms with Gasteiger partial charge in [-0.2, -0.15) is 5.10 Å². The minimum absolute atomic E-state index is 0.0296. The zero-order valence-electron chi connectivity index (χ0n) is 13.5. The Morgan fingerprint density at radius 1 is 1.40 bits per heavy atom. The molecule has 2 N–H and O–H groups in total. The molecule has 7 nitrogen and oxygen atoms in total. The summed E-state index contributed by atoms with van der Waals surface area (Å²) in [5.74, 6) is -0.0567. The normalized spacial score (nSPS) is 11.2. The highest BCUT2D eigenvalue weighted by Gasteiger charge is 2.16. The number of aryl methyl sites for hydroxylation is 1. The maximum absolute atomic E-state index is 12.4. The third-order valence-corrected chi connectivity index (χ3v) is 3.78. The van der Waals surface area contributed by atoms with Crippen LogP contribution in [0.5, 0.6) is 11.5 Å².